The SMILES string of the molecule is CCCCCCCCOC(=O)C(CC)(CC)C(=O)Oc1ccccc1CC. The molecule has 1 aromatic rings. The number of hydrogen-bond donors (Lipinski definition) is 0. The first-order valence-electron chi connectivity index (χ1n) is 10.5. The number of para-hydroxylation sites is 1. The van der Waals surface area contributed by atoms with Crippen LogP contribution in [0.15, 0.2) is 24.3 Å². The van der Waals surface area contributed by atoms with Gasteiger partial charge in [-0.2, -0.15) is 0 Å². The van der Waals surface area contributed by atoms with Crippen LogP contribution in [0.5, 0.6) is 5.75 Å². The summed E-state index contributed by atoms with van der Waals surface area (Å²) in [5.74, 6) is -0.443. The predicted octanol–water partition coefficient (Wildman–Crippen LogP) is 5.86. The Morgan fingerprint density at radius 1 is 0.852 bits per heavy atom. The highest BCUT2D eigenvalue weighted by Gasteiger charge is 2.46. The van der Waals surface area contributed by atoms with Crippen molar-refractivity contribution in [2.24, 2.45) is 5.41 Å². The second-order valence-electron chi connectivity index (χ2n) is 7.04. The number of esters is 2. The molecule has 0 unspecified atom stereocenters. The number of hydrogen-bond acceptors (Lipinski definition) is 4. The predicted molar refractivity (Wildman–Crippen MR) is 109 cm³/mol. The summed E-state index contributed by atoms with van der Waals surface area (Å²) in [5, 5.41) is 0. The van der Waals surface area contributed by atoms with Gasteiger partial charge in [-0.1, -0.05) is 78.0 Å². The molecular formula is C23H36O4. The van der Waals surface area contributed by atoms with Crippen LogP contribution in [0.4, 0.5) is 0 Å². The molecule has 4 nitrogen and oxygen atoms in total. The second-order valence-corrected chi connectivity index (χ2v) is 7.04. The molecule has 1 aromatic carbocycles. The third-order valence-corrected chi connectivity index (χ3v) is 5.28. The monoisotopic (exact) mass is 376 g/mol. The van der Waals surface area contributed by atoms with E-state index in [0.717, 1.165) is 31.2 Å². The Labute approximate surface area is 164 Å². The Morgan fingerprint density at radius 2 is 1.48 bits per heavy atom. The third kappa shape index (κ3) is 6.67. The van der Waals surface area contributed by atoms with Gasteiger partial charge in [-0.3, -0.25) is 9.59 Å². The van der Waals surface area contributed by atoms with Gasteiger partial charge in [-0.15, -0.1) is 0 Å². The molecule has 0 amide bonds. The normalized spacial score (nSPS) is 11.3. The number of aryl methyl sites for hydroxylation is 1. The summed E-state index contributed by atoms with van der Waals surface area (Å²) >= 11 is 0. The van der Waals surface area contributed by atoms with Crippen LogP contribution >= 0.6 is 0 Å². The summed E-state index contributed by atoms with van der Waals surface area (Å²) < 4.78 is 11.1. The first kappa shape index (κ1) is 23.2. The van der Waals surface area contributed by atoms with Crippen molar-refractivity contribution >= 4 is 11.9 Å². The van der Waals surface area contributed by atoms with E-state index in [9.17, 15) is 9.59 Å². The average Bonchev–Trinajstić information content (AvgIpc) is 2.69. The smallest absolute Gasteiger partial charge is 0.328 e. The minimum Gasteiger partial charge on any atom is -0.465 e. The van der Waals surface area contributed by atoms with Gasteiger partial charge in [0.1, 0.15) is 5.75 Å². The third-order valence-electron chi connectivity index (χ3n) is 5.28. The van der Waals surface area contributed by atoms with E-state index in [1.165, 1.54) is 19.3 Å². The average molecular weight is 377 g/mol. The lowest BCUT2D eigenvalue weighted by molar-refractivity contribution is -0.168. The number of carbonyl (C=O) groups excluding carboxylic acids is 2. The number of unbranched alkanes of at least 4 members (excludes halogenated alkanes) is 5. The van der Waals surface area contributed by atoms with Gasteiger partial charge in [-0.05, 0) is 37.3 Å². The molecule has 0 saturated heterocycles. The molecule has 0 aliphatic heterocycles. The lowest BCUT2D eigenvalue weighted by Crippen LogP contribution is -2.42. The van der Waals surface area contributed by atoms with Crippen LogP contribution in [-0.2, 0) is 20.7 Å². The van der Waals surface area contributed by atoms with E-state index < -0.39 is 17.4 Å². The summed E-state index contributed by atoms with van der Waals surface area (Å²) in [5.41, 5.74) is -0.282. The Morgan fingerprint density at radius 3 is 2.11 bits per heavy atom. The maximum atomic E-state index is 12.9. The molecule has 152 valence electrons. The molecule has 1 rings (SSSR count). The Hall–Kier alpha value is -1.84. The van der Waals surface area contributed by atoms with Crippen molar-refractivity contribution in [2.75, 3.05) is 6.61 Å². The molecule has 0 N–H and O–H groups in total. The molecule has 0 aliphatic rings. The van der Waals surface area contributed by atoms with Crippen LogP contribution in [0, 0.1) is 5.41 Å². The quantitative estimate of drug-likeness (QED) is 0.187. The van der Waals surface area contributed by atoms with Crippen LogP contribution in [-0.4, -0.2) is 18.5 Å². The molecule has 4 heteroatoms. The first-order valence-corrected chi connectivity index (χ1v) is 10.5. The van der Waals surface area contributed by atoms with Gasteiger partial charge in [0.2, 0.25) is 0 Å². The minimum atomic E-state index is -1.23. The zero-order chi connectivity index (χ0) is 20.1. The molecule has 0 heterocycles. The fraction of sp³-hybridized carbons (Fsp3) is 0.652. The lowest BCUT2D eigenvalue weighted by Gasteiger charge is -2.27. The van der Waals surface area contributed by atoms with Gasteiger partial charge < -0.3 is 9.47 Å². The minimum absolute atomic E-state index is 0.367. The number of benzene rings is 1. The van der Waals surface area contributed by atoms with Crippen molar-refractivity contribution < 1.29 is 19.1 Å². The van der Waals surface area contributed by atoms with Gasteiger partial charge in [0.25, 0.3) is 0 Å². The lowest BCUT2D eigenvalue weighted by atomic mass is 9.82. The zero-order valence-corrected chi connectivity index (χ0v) is 17.5. The Kier molecular flexibility index (Phi) is 10.8. The highest BCUT2D eigenvalue weighted by atomic mass is 16.6. The molecule has 0 saturated carbocycles. The van der Waals surface area contributed by atoms with Gasteiger partial charge in [0.05, 0.1) is 6.61 Å². The second kappa shape index (κ2) is 12.5. The molecule has 0 aliphatic carbocycles. The fourth-order valence-electron chi connectivity index (χ4n) is 3.19. The Bertz CT molecular complexity index is 575. The number of carbonyl (C=O) groups is 2. The van der Waals surface area contributed by atoms with Crippen molar-refractivity contribution in [2.45, 2.75) is 85.5 Å². The highest BCUT2D eigenvalue weighted by Crippen LogP contribution is 2.32. The van der Waals surface area contributed by atoms with E-state index >= 15 is 0 Å². The van der Waals surface area contributed by atoms with E-state index in [-0.39, 0.29) is 0 Å². The fourth-order valence-corrected chi connectivity index (χ4v) is 3.19. The van der Waals surface area contributed by atoms with Crippen molar-refractivity contribution in [3.05, 3.63) is 29.8 Å². The van der Waals surface area contributed by atoms with Gasteiger partial charge >= 0.3 is 11.9 Å². The van der Waals surface area contributed by atoms with Crippen LogP contribution in [0.1, 0.15) is 84.6 Å². The van der Waals surface area contributed by atoms with Gasteiger partial charge in [0.15, 0.2) is 5.41 Å². The molecule has 27 heavy (non-hydrogen) atoms. The van der Waals surface area contributed by atoms with E-state index in [4.69, 9.17) is 9.47 Å². The standard InChI is InChI=1S/C23H36O4/c1-5-9-10-11-12-15-18-26-21(24)23(7-3,8-4)22(25)27-20-17-14-13-16-19(20)6-2/h13-14,16-17H,5-12,15,18H2,1-4H3. The summed E-state index contributed by atoms with van der Waals surface area (Å²) in [6.45, 7) is 8.24. The van der Waals surface area contributed by atoms with E-state index in [0.29, 0.717) is 25.2 Å². The number of ether oxygens (including phenoxy) is 2. The van der Waals surface area contributed by atoms with E-state index in [1.807, 2.05) is 39.0 Å². The highest BCUT2D eigenvalue weighted by molar-refractivity contribution is 6.00. The van der Waals surface area contributed by atoms with Crippen LogP contribution in [0.2, 0.25) is 0 Å². The summed E-state index contributed by atoms with van der Waals surface area (Å²) in [6, 6.07) is 7.45. The van der Waals surface area contributed by atoms with Crippen LogP contribution in [0.3, 0.4) is 0 Å². The molecule has 0 aromatic heterocycles. The largest absolute Gasteiger partial charge is 0.465 e. The Balaban J connectivity index is 2.67. The molecule has 0 fully saturated rings. The van der Waals surface area contributed by atoms with Crippen molar-refractivity contribution in [3.63, 3.8) is 0 Å². The molecule has 0 spiro atoms. The van der Waals surface area contributed by atoms with E-state index in [1.54, 1.807) is 6.07 Å². The molecular weight excluding hydrogens is 340 g/mol. The van der Waals surface area contributed by atoms with Gasteiger partial charge in [-0.25, -0.2) is 0 Å². The van der Waals surface area contributed by atoms with Crippen molar-refractivity contribution in [1.29, 1.82) is 0 Å². The summed E-state index contributed by atoms with van der Waals surface area (Å²) in [7, 11) is 0. The van der Waals surface area contributed by atoms with Crippen molar-refractivity contribution in [3.8, 4) is 5.75 Å². The zero-order valence-electron chi connectivity index (χ0n) is 17.5. The molecule has 0 radical (unpaired) electrons. The van der Waals surface area contributed by atoms with Crippen molar-refractivity contribution in [1.82, 2.24) is 0 Å². The summed E-state index contributed by atoms with van der Waals surface area (Å²) in [6.07, 6.45) is 8.23. The molecule has 0 bridgehead atoms. The van der Waals surface area contributed by atoms with E-state index in [2.05, 4.69) is 6.92 Å². The topological polar surface area (TPSA) is 52.6 Å². The van der Waals surface area contributed by atoms with Crippen LogP contribution in [0.25, 0.3) is 0 Å². The maximum absolute atomic E-state index is 12.9. The number of rotatable bonds is 13. The first-order chi connectivity index (χ1) is 13.1. The maximum Gasteiger partial charge on any atom is 0.328 e. The van der Waals surface area contributed by atoms with Crippen LogP contribution < -0.4 is 4.74 Å². The molecule has 0 atom stereocenters. The summed E-state index contributed by atoms with van der Waals surface area (Å²) in [4.78, 5) is 25.6. The van der Waals surface area contributed by atoms with Gasteiger partial charge in [0, 0.05) is 0 Å².